The minimum Gasteiger partial charge on any atom is -0.373 e. The summed E-state index contributed by atoms with van der Waals surface area (Å²) in [6.45, 7) is 0.895. The molecule has 1 atom stereocenters. The van der Waals surface area contributed by atoms with E-state index in [1.165, 1.54) is 6.42 Å². The Bertz CT molecular complexity index is 412. The van der Waals surface area contributed by atoms with E-state index in [0.29, 0.717) is 11.8 Å². The Morgan fingerprint density at radius 1 is 0.826 bits per heavy atom. The van der Waals surface area contributed by atoms with E-state index >= 15 is 0 Å². The van der Waals surface area contributed by atoms with Crippen molar-refractivity contribution in [3.05, 3.63) is 0 Å². The summed E-state index contributed by atoms with van der Waals surface area (Å²) in [5.41, 5.74) is -4.62. The van der Waals surface area contributed by atoms with Crippen LogP contribution in [0, 0.1) is 35.5 Å². The smallest absolute Gasteiger partial charge is 0.373 e. The van der Waals surface area contributed by atoms with Crippen LogP contribution in [0.25, 0.3) is 0 Å². The summed E-state index contributed by atoms with van der Waals surface area (Å²) in [6.07, 6.45) is -6.73. The fourth-order valence-electron chi connectivity index (χ4n) is 5.72. The first-order chi connectivity index (χ1) is 10.4. The Labute approximate surface area is 131 Å². The molecule has 4 saturated carbocycles. The second-order valence-corrected chi connectivity index (χ2v) is 7.99. The molecule has 0 saturated heterocycles. The van der Waals surface area contributed by atoms with E-state index in [2.05, 4.69) is 0 Å². The molecule has 7 heteroatoms. The maximum Gasteiger partial charge on any atom is 0.426 e. The van der Waals surface area contributed by atoms with Crippen molar-refractivity contribution >= 4 is 0 Å². The van der Waals surface area contributed by atoms with Gasteiger partial charge in [0.1, 0.15) is 0 Å². The van der Waals surface area contributed by atoms with Gasteiger partial charge in [0.25, 0.3) is 5.60 Å². The fourth-order valence-corrected chi connectivity index (χ4v) is 5.72. The lowest BCUT2D eigenvalue weighted by atomic mass is 9.50. The van der Waals surface area contributed by atoms with E-state index in [9.17, 15) is 31.4 Å². The van der Waals surface area contributed by atoms with Crippen LogP contribution in [0.4, 0.5) is 26.3 Å². The van der Waals surface area contributed by atoms with Gasteiger partial charge in [-0.2, -0.15) is 26.3 Å². The van der Waals surface area contributed by atoms with Crippen LogP contribution in [-0.2, 0) is 0 Å². The zero-order valence-electron chi connectivity index (χ0n) is 12.9. The van der Waals surface area contributed by atoms with Crippen molar-refractivity contribution in [2.24, 2.45) is 35.5 Å². The van der Waals surface area contributed by atoms with Gasteiger partial charge >= 0.3 is 12.4 Å². The Kier molecular flexibility index (Phi) is 3.98. The van der Waals surface area contributed by atoms with E-state index in [-0.39, 0.29) is 24.2 Å². The SMILES string of the molecule is CC(CC1C2CC3CC(C2)CC1C3)C(O)(C(F)(F)F)C(F)(F)F. The number of rotatable bonds is 3. The van der Waals surface area contributed by atoms with Gasteiger partial charge in [0.2, 0.25) is 0 Å². The van der Waals surface area contributed by atoms with Gasteiger partial charge in [-0.15, -0.1) is 0 Å². The van der Waals surface area contributed by atoms with Crippen molar-refractivity contribution in [3.63, 3.8) is 0 Å². The lowest BCUT2D eigenvalue weighted by Gasteiger charge is -2.55. The molecule has 23 heavy (non-hydrogen) atoms. The van der Waals surface area contributed by atoms with Crippen LogP contribution in [0.2, 0.25) is 0 Å². The summed E-state index contributed by atoms with van der Waals surface area (Å²) in [7, 11) is 0. The summed E-state index contributed by atoms with van der Waals surface area (Å²) in [5.74, 6) is -0.320. The van der Waals surface area contributed by atoms with Crippen LogP contribution in [-0.4, -0.2) is 23.1 Å². The Morgan fingerprint density at radius 2 is 1.22 bits per heavy atom. The van der Waals surface area contributed by atoms with Gasteiger partial charge in [0.15, 0.2) is 0 Å². The molecular weight excluding hydrogens is 322 g/mol. The van der Waals surface area contributed by atoms with Crippen LogP contribution in [0.1, 0.15) is 45.4 Å². The van der Waals surface area contributed by atoms with Crippen molar-refractivity contribution in [3.8, 4) is 0 Å². The molecule has 4 fully saturated rings. The highest BCUT2D eigenvalue weighted by atomic mass is 19.4. The highest BCUT2D eigenvalue weighted by molar-refractivity contribution is 5.03. The lowest BCUT2D eigenvalue weighted by molar-refractivity contribution is -0.385. The molecule has 134 valence electrons. The molecule has 0 heterocycles. The highest BCUT2D eigenvalue weighted by Crippen LogP contribution is 2.59. The van der Waals surface area contributed by atoms with Crippen molar-refractivity contribution in [2.75, 3.05) is 0 Å². The topological polar surface area (TPSA) is 20.2 Å². The minimum absolute atomic E-state index is 0.117. The number of alkyl halides is 6. The van der Waals surface area contributed by atoms with Crippen LogP contribution < -0.4 is 0 Å². The normalized spacial score (nSPS) is 38.9. The summed E-state index contributed by atoms with van der Waals surface area (Å²) >= 11 is 0. The highest BCUT2D eigenvalue weighted by Gasteiger charge is 2.72. The zero-order chi connectivity index (χ0) is 17.2. The molecule has 4 aliphatic carbocycles. The van der Waals surface area contributed by atoms with Crippen molar-refractivity contribution in [1.29, 1.82) is 0 Å². The molecular formula is C16H22F6O. The maximum absolute atomic E-state index is 13.0. The van der Waals surface area contributed by atoms with E-state index in [1.54, 1.807) is 0 Å². The predicted octanol–water partition coefficient (Wildman–Crippen LogP) is 4.94. The summed E-state index contributed by atoms with van der Waals surface area (Å²) < 4.78 is 78.0. The average Bonchev–Trinajstić information content (AvgIpc) is 2.38. The Balaban J connectivity index is 1.79. The van der Waals surface area contributed by atoms with Gasteiger partial charge in [-0.25, -0.2) is 0 Å². The third kappa shape index (κ3) is 2.67. The molecule has 0 aromatic rings. The molecule has 1 N–H and O–H groups in total. The number of aliphatic hydroxyl groups is 1. The Hall–Kier alpha value is -0.460. The summed E-state index contributed by atoms with van der Waals surface area (Å²) in [6, 6.07) is 0. The zero-order valence-corrected chi connectivity index (χ0v) is 12.9. The molecule has 0 spiro atoms. The Morgan fingerprint density at radius 3 is 1.57 bits per heavy atom. The van der Waals surface area contributed by atoms with Gasteiger partial charge in [-0.05, 0) is 68.1 Å². The molecule has 4 aliphatic rings. The lowest BCUT2D eigenvalue weighted by Crippen LogP contribution is -2.61. The van der Waals surface area contributed by atoms with Crippen molar-refractivity contribution in [1.82, 2.24) is 0 Å². The number of hydrogen-bond donors (Lipinski definition) is 1. The third-order valence-electron chi connectivity index (χ3n) is 6.63. The van der Waals surface area contributed by atoms with E-state index in [1.807, 2.05) is 0 Å². The maximum atomic E-state index is 13.0. The monoisotopic (exact) mass is 344 g/mol. The quantitative estimate of drug-likeness (QED) is 0.719. The molecule has 0 aromatic heterocycles. The molecule has 1 nitrogen and oxygen atoms in total. The van der Waals surface area contributed by atoms with Crippen LogP contribution in [0.5, 0.6) is 0 Å². The molecule has 0 amide bonds. The number of hydrogen-bond acceptors (Lipinski definition) is 1. The summed E-state index contributed by atoms with van der Waals surface area (Å²) in [5, 5.41) is 9.56. The van der Waals surface area contributed by atoms with Gasteiger partial charge in [-0.1, -0.05) is 6.92 Å². The van der Waals surface area contributed by atoms with Crippen molar-refractivity contribution < 1.29 is 31.4 Å². The van der Waals surface area contributed by atoms with Gasteiger partial charge in [-0.3, -0.25) is 0 Å². The van der Waals surface area contributed by atoms with Gasteiger partial charge in [0, 0.05) is 5.92 Å². The largest absolute Gasteiger partial charge is 0.426 e. The minimum atomic E-state index is -5.71. The first-order valence-electron chi connectivity index (χ1n) is 8.29. The molecule has 1 unspecified atom stereocenters. The predicted molar refractivity (Wildman–Crippen MR) is 71.4 cm³/mol. The third-order valence-corrected chi connectivity index (χ3v) is 6.63. The standard InChI is InChI=1S/C16H22F6O/c1-8(14(23,15(17,18)19)16(20,21)22)2-13-11-4-9-3-10(6-11)7-12(13)5-9/h8-13,23H,2-7H2,1H3. The second-order valence-electron chi connectivity index (χ2n) is 7.99. The van der Waals surface area contributed by atoms with Gasteiger partial charge < -0.3 is 5.11 Å². The van der Waals surface area contributed by atoms with E-state index in [4.69, 9.17) is 0 Å². The molecule has 0 radical (unpaired) electrons. The fraction of sp³-hybridized carbons (Fsp3) is 1.00. The van der Waals surface area contributed by atoms with Crippen LogP contribution in [0.15, 0.2) is 0 Å². The van der Waals surface area contributed by atoms with Gasteiger partial charge in [0.05, 0.1) is 0 Å². The molecule has 4 rings (SSSR count). The molecule has 0 aromatic carbocycles. The first-order valence-corrected chi connectivity index (χ1v) is 8.29. The molecule has 4 bridgehead atoms. The van der Waals surface area contributed by atoms with E-state index in [0.717, 1.165) is 32.6 Å². The number of halogens is 6. The first kappa shape index (κ1) is 17.4. The second kappa shape index (κ2) is 5.27. The van der Waals surface area contributed by atoms with Crippen LogP contribution in [0.3, 0.4) is 0 Å². The molecule has 0 aliphatic heterocycles. The van der Waals surface area contributed by atoms with E-state index < -0.39 is 23.9 Å². The summed E-state index contributed by atoms with van der Waals surface area (Å²) in [4.78, 5) is 0. The van der Waals surface area contributed by atoms with Crippen LogP contribution >= 0.6 is 0 Å². The van der Waals surface area contributed by atoms with Crippen molar-refractivity contribution in [2.45, 2.75) is 63.4 Å². The average molecular weight is 344 g/mol.